The summed E-state index contributed by atoms with van der Waals surface area (Å²) in [6.45, 7) is 6.53. The molecule has 0 N–H and O–H groups in total. The van der Waals surface area contributed by atoms with E-state index >= 15 is 0 Å². The SMILES string of the molecule is CC/C=C\C/C=C\C/C=C\C/C=C\C/C=C\C/C=C\CCC(=O)OC(COC(=O)CCCCCCCCCCCCCCCCCCCCC)COC(=O)CCCCCCCCCCCCCCCCCCCCCCCCC. The van der Waals surface area contributed by atoms with Crippen LogP contribution >= 0.6 is 0 Å². The van der Waals surface area contributed by atoms with E-state index in [2.05, 4.69) is 87.6 Å². The fourth-order valence-corrected chi connectivity index (χ4v) is 10.1. The molecule has 6 heteroatoms. The van der Waals surface area contributed by atoms with Gasteiger partial charge in [-0.2, -0.15) is 0 Å². The van der Waals surface area contributed by atoms with Crippen molar-refractivity contribution in [2.24, 2.45) is 0 Å². The number of carbonyl (C=O) groups is 3. The van der Waals surface area contributed by atoms with Crippen LogP contribution in [0, 0.1) is 0 Å². The first kappa shape index (κ1) is 75.8. The molecule has 0 aromatic rings. The summed E-state index contributed by atoms with van der Waals surface area (Å²) in [4.78, 5) is 38.4. The van der Waals surface area contributed by atoms with E-state index in [1.807, 2.05) is 6.08 Å². The number of esters is 3. The zero-order valence-electron chi connectivity index (χ0n) is 52.6. The van der Waals surface area contributed by atoms with E-state index in [9.17, 15) is 14.4 Å². The maximum Gasteiger partial charge on any atom is 0.306 e. The molecule has 1 atom stereocenters. The first-order valence-corrected chi connectivity index (χ1v) is 34.4. The van der Waals surface area contributed by atoms with Gasteiger partial charge < -0.3 is 14.2 Å². The smallest absolute Gasteiger partial charge is 0.306 e. The minimum atomic E-state index is -0.815. The van der Waals surface area contributed by atoms with E-state index in [0.29, 0.717) is 19.3 Å². The van der Waals surface area contributed by atoms with Gasteiger partial charge in [-0.05, 0) is 57.8 Å². The predicted octanol–water partition coefficient (Wildman–Crippen LogP) is 23.7. The number of unbranched alkanes of at least 4 members (excludes halogenated alkanes) is 40. The molecule has 0 aliphatic rings. The van der Waals surface area contributed by atoms with Gasteiger partial charge in [0.25, 0.3) is 0 Å². The number of hydrogen-bond donors (Lipinski definition) is 0. The lowest BCUT2D eigenvalue weighted by atomic mass is 10.0. The highest BCUT2D eigenvalue weighted by atomic mass is 16.6. The summed E-state index contributed by atoms with van der Waals surface area (Å²) < 4.78 is 16.9. The predicted molar refractivity (Wildman–Crippen MR) is 344 cm³/mol. The monoisotopic (exact) mass is 1100 g/mol. The number of hydrogen-bond acceptors (Lipinski definition) is 6. The standard InChI is InChI=1S/C73H130O6/c1-4-7-10-13-16-19-22-25-28-31-34-35-36-37-40-42-45-48-51-54-57-60-63-66-72(75)78-69-70(79-73(76)67-64-61-58-55-52-49-46-43-39-33-30-27-24-21-18-15-12-9-6-3)68-77-71(74)65-62-59-56-53-50-47-44-41-38-32-29-26-23-20-17-14-11-8-5-2/h9,12,18,21,27,30,39,43,49,52,58,61,70H,4-8,10-11,13-17,19-20,22-26,28-29,31-38,40-42,44-48,50-51,53-57,59-60,62-69H2,1-3H3/b12-9-,21-18-,30-27-,43-39-,52-49-,61-58-. The van der Waals surface area contributed by atoms with Crippen molar-refractivity contribution >= 4 is 17.9 Å². The Morgan fingerprint density at radius 3 is 0.747 bits per heavy atom. The molecular formula is C73H130O6. The lowest BCUT2D eigenvalue weighted by Crippen LogP contribution is -2.30. The fourth-order valence-electron chi connectivity index (χ4n) is 10.1. The molecule has 6 nitrogen and oxygen atoms in total. The highest BCUT2D eigenvalue weighted by Crippen LogP contribution is 2.18. The van der Waals surface area contributed by atoms with Crippen molar-refractivity contribution in [3.8, 4) is 0 Å². The molecule has 0 saturated heterocycles. The Balaban J connectivity index is 4.40. The summed E-state index contributed by atoms with van der Waals surface area (Å²) in [7, 11) is 0. The van der Waals surface area contributed by atoms with Crippen LogP contribution in [-0.2, 0) is 28.6 Å². The van der Waals surface area contributed by atoms with Crippen LogP contribution in [0.4, 0.5) is 0 Å². The first-order chi connectivity index (χ1) is 39.0. The molecule has 79 heavy (non-hydrogen) atoms. The molecule has 0 aromatic carbocycles. The molecule has 0 bridgehead atoms. The van der Waals surface area contributed by atoms with Crippen LogP contribution < -0.4 is 0 Å². The summed E-state index contributed by atoms with van der Waals surface area (Å²) in [5, 5.41) is 0. The Kier molecular flexibility index (Phi) is 64.7. The Labute approximate surface area is 491 Å². The molecule has 458 valence electrons. The van der Waals surface area contributed by atoms with Crippen molar-refractivity contribution in [1.29, 1.82) is 0 Å². The highest BCUT2D eigenvalue weighted by molar-refractivity contribution is 5.71. The molecule has 0 amide bonds. The summed E-state index contributed by atoms with van der Waals surface area (Å²) in [5.74, 6) is -0.962. The fraction of sp³-hybridized carbons (Fsp3) is 0.795. The highest BCUT2D eigenvalue weighted by Gasteiger charge is 2.19. The van der Waals surface area contributed by atoms with Crippen molar-refractivity contribution in [2.45, 2.75) is 361 Å². The molecule has 0 aliphatic heterocycles. The molecule has 0 spiro atoms. The van der Waals surface area contributed by atoms with Crippen molar-refractivity contribution in [1.82, 2.24) is 0 Å². The van der Waals surface area contributed by atoms with E-state index in [4.69, 9.17) is 14.2 Å². The van der Waals surface area contributed by atoms with E-state index in [-0.39, 0.29) is 37.5 Å². The Bertz CT molecular complexity index is 1450. The van der Waals surface area contributed by atoms with Gasteiger partial charge in [0.1, 0.15) is 13.2 Å². The van der Waals surface area contributed by atoms with E-state index in [0.717, 1.165) is 77.0 Å². The molecular weight excluding hydrogens is 973 g/mol. The summed E-state index contributed by atoms with van der Waals surface area (Å²) in [6.07, 6.45) is 88.0. The van der Waals surface area contributed by atoms with Gasteiger partial charge in [0, 0.05) is 19.3 Å². The zero-order chi connectivity index (χ0) is 57.1. The van der Waals surface area contributed by atoms with Crippen molar-refractivity contribution in [3.05, 3.63) is 72.9 Å². The first-order valence-electron chi connectivity index (χ1n) is 34.4. The number of allylic oxidation sites excluding steroid dienone is 12. The molecule has 0 saturated carbocycles. The van der Waals surface area contributed by atoms with Gasteiger partial charge in [-0.15, -0.1) is 0 Å². The average molecular weight is 1100 g/mol. The third kappa shape index (κ3) is 65.5. The van der Waals surface area contributed by atoms with Gasteiger partial charge >= 0.3 is 17.9 Å². The largest absolute Gasteiger partial charge is 0.462 e. The maximum absolute atomic E-state index is 12.9. The minimum absolute atomic E-state index is 0.101. The van der Waals surface area contributed by atoms with Crippen molar-refractivity contribution < 1.29 is 28.6 Å². The van der Waals surface area contributed by atoms with Crippen molar-refractivity contribution in [2.75, 3.05) is 13.2 Å². The second-order valence-corrected chi connectivity index (χ2v) is 23.1. The van der Waals surface area contributed by atoms with Crippen LogP contribution in [0.5, 0.6) is 0 Å². The Hall–Kier alpha value is -3.15. The number of ether oxygens (including phenoxy) is 3. The zero-order valence-corrected chi connectivity index (χ0v) is 52.6. The molecule has 0 heterocycles. The normalized spacial score (nSPS) is 12.5. The molecule has 0 radical (unpaired) electrons. The van der Waals surface area contributed by atoms with Gasteiger partial charge in [0.05, 0.1) is 0 Å². The van der Waals surface area contributed by atoms with Gasteiger partial charge in [-0.3, -0.25) is 14.4 Å². The van der Waals surface area contributed by atoms with E-state index in [1.54, 1.807) is 0 Å². The third-order valence-corrected chi connectivity index (χ3v) is 15.2. The lowest BCUT2D eigenvalue weighted by Gasteiger charge is -2.18. The van der Waals surface area contributed by atoms with Crippen molar-refractivity contribution in [3.63, 3.8) is 0 Å². The molecule has 0 aliphatic carbocycles. The number of carbonyl (C=O) groups excluding carboxylic acids is 3. The summed E-state index contributed by atoms with van der Waals surface area (Å²) in [6, 6.07) is 0. The summed E-state index contributed by atoms with van der Waals surface area (Å²) in [5.41, 5.74) is 0. The van der Waals surface area contributed by atoms with Crippen LogP contribution in [-0.4, -0.2) is 37.2 Å². The van der Waals surface area contributed by atoms with Gasteiger partial charge in [-0.1, -0.05) is 351 Å². The lowest BCUT2D eigenvalue weighted by molar-refractivity contribution is -0.166. The molecule has 0 aromatic heterocycles. The van der Waals surface area contributed by atoms with Crippen LogP contribution in [0.3, 0.4) is 0 Å². The van der Waals surface area contributed by atoms with Gasteiger partial charge in [0.2, 0.25) is 0 Å². The topological polar surface area (TPSA) is 78.9 Å². The number of rotatable bonds is 63. The second kappa shape index (κ2) is 67.4. The molecule has 0 fully saturated rings. The maximum atomic E-state index is 12.9. The van der Waals surface area contributed by atoms with Crippen LogP contribution in [0.15, 0.2) is 72.9 Å². The van der Waals surface area contributed by atoms with Gasteiger partial charge in [-0.25, -0.2) is 0 Å². The van der Waals surface area contributed by atoms with E-state index < -0.39 is 6.10 Å². The Morgan fingerprint density at radius 1 is 0.266 bits per heavy atom. The molecule has 0 rings (SSSR count). The van der Waals surface area contributed by atoms with Crippen LogP contribution in [0.2, 0.25) is 0 Å². The quantitative estimate of drug-likeness (QED) is 0.0261. The molecule has 1 unspecified atom stereocenters. The second-order valence-electron chi connectivity index (χ2n) is 23.1. The van der Waals surface area contributed by atoms with Crippen LogP contribution in [0.25, 0.3) is 0 Å². The van der Waals surface area contributed by atoms with Crippen LogP contribution in [0.1, 0.15) is 355 Å². The summed E-state index contributed by atoms with van der Waals surface area (Å²) >= 11 is 0. The third-order valence-electron chi connectivity index (χ3n) is 15.2. The van der Waals surface area contributed by atoms with Gasteiger partial charge in [0.15, 0.2) is 6.10 Å². The minimum Gasteiger partial charge on any atom is -0.462 e. The Morgan fingerprint density at radius 2 is 0.494 bits per heavy atom. The average Bonchev–Trinajstić information content (AvgIpc) is 3.45. The van der Waals surface area contributed by atoms with E-state index in [1.165, 1.54) is 231 Å².